The van der Waals surface area contributed by atoms with Crippen molar-refractivity contribution in [2.45, 2.75) is 102 Å². The maximum atomic E-state index is 12.2. The largest absolute Gasteiger partial charge is 0.550 e. The number of hydrogen-bond donors (Lipinski definition) is 1. The highest BCUT2D eigenvalue weighted by Crippen LogP contribution is 2.46. The number of carbonyl (C=O) groups excluding carboxylic acids is 2. The van der Waals surface area contributed by atoms with E-state index < -0.39 is 5.97 Å². The molecule has 3 rings (SSSR count). The zero-order valence-electron chi connectivity index (χ0n) is 22.3. The monoisotopic (exact) mass is 505 g/mol. The van der Waals surface area contributed by atoms with Crippen molar-refractivity contribution in [2.24, 2.45) is 0 Å². The average Bonchev–Trinajstić information content (AvgIpc) is 3.22. The maximum absolute atomic E-state index is 12.2. The molecular formula is C32H43NO4. The molecule has 1 amide bonds. The summed E-state index contributed by atoms with van der Waals surface area (Å²) in [6.07, 6.45) is 25.8. The lowest BCUT2D eigenvalue weighted by Crippen LogP contribution is -2.27. The Morgan fingerprint density at radius 1 is 0.838 bits per heavy atom. The van der Waals surface area contributed by atoms with Gasteiger partial charge in [0, 0.05) is 30.2 Å². The quantitative estimate of drug-likeness (QED) is 0.166. The van der Waals surface area contributed by atoms with Crippen LogP contribution in [0.1, 0.15) is 113 Å². The number of hydrogen-bond acceptors (Lipinski definition) is 4. The Hall–Kier alpha value is -2.91. The second-order valence-electron chi connectivity index (χ2n) is 10.2. The van der Waals surface area contributed by atoms with E-state index in [-0.39, 0.29) is 18.4 Å². The molecule has 0 fully saturated rings. The zero-order valence-corrected chi connectivity index (χ0v) is 22.3. The van der Waals surface area contributed by atoms with Crippen molar-refractivity contribution < 1.29 is 19.4 Å². The summed E-state index contributed by atoms with van der Waals surface area (Å²) in [6.45, 7) is 0.997. The van der Waals surface area contributed by atoms with Gasteiger partial charge in [0.1, 0.15) is 18.3 Å². The molecule has 0 aliphatic heterocycles. The summed E-state index contributed by atoms with van der Waals surface area (Å²) in [6, 6.07) is 8.32. The number of fused-ring (bicyclic) bond motifs is 3. The SMILES string of the molecule is O=C([O-])CCCCCCCCCCCCCCCCNC(=O)OCC1C2=[C+]C=CC=C2c2ccccc21. The van der Waals surface area contributed by atoms with Gasteiger partial charge in [0.25, 0.3) is 0 Å². The van der Waals surface area contributed by atoms with Gasteiger partial charge in [-0.1, -0.05) is 95.2 Å². The van der Waals surface area contributed by atoms with Crippen molar-refractivity contribution in [2.75, 3.05) is 13.2 Å². The number of rotatable bonds is 19. The van der Waals surface area contributed by atoms with Gasteiger partial charge in [-0.05, 0) is 30.9 Å². The highest BCUT2D eigenvalue weighted by atomic mass is 16.5. The number of ether oxygens (including phenoxy) is 1. The van der Waals surface area contributed by atoms with E-state index in [2.05, 4.69) is 29.6 Å². The van der Waals surface area contributed by atoms with Crippen molar-refractivity contribution in [3.05, 3.63) is 65.3 Å². The Labute approximate surface area is 223 Å². The first-order valence-corrected chi connectivity index (χ1v) is 14.4. The fraction of sp³-hybridized carbons (Fsp3) is 0.562. The van der Waals surface area contributed by atoms with Crippen LogP contribution in [0.3, 0.4) is 0 Å². The Balaban J connectivity index is 1.12. The molecule has 0 radical (unpaired) electrons. The molecule has 5 heteroatoms. The lowest BCUT2D eigenvalue weighted by molar-refractivity contribution is -0.305. The van der Waals surface area contributed by atoms with Crippen molar-refractivity contribution in [3.63, 3.8) is 0 Å². The molecule has 0 saturated heterocycles. The fourth-order valence-corrected chi connectivity index (χ4v) is 5.26. The number of unbranched alkanes of at least 4 members (excludes halogenated alkanes) is 13. The number of alkyl carbamates (subject to hydrolysis) is 1. The van der Waals surface area contributed by atoms with Crippen LogP contribution in [0.15, 0.2) is 48.1 Å². The second kappa shape index (κ2) is 16.8. The van der Waals surface area contributed by atoms with Crippen LogP contribution in [-0.4, -0.2) is 25.2 Å². The number of carbonyl (C=O) groups is 2. The maximum Gasteiger partial charge on any atom is 0.407 e. The standard InChI is InChI=1S/C32H43NO4/c34-31(35)23-13-11-9-7-5-3-1-2-4-6-8-10-12-18-24-33-32(36)37-25-30-28-21-16-14-19-26(28)27-20-15-17-22-29(27)30/h14-17,19-21,30H,1-13,18,23-25H2,(H-,33,34,35,36). The molecule has 1 atom stereocenters. The molecule has 0 saturated carbocycles. The molecule has 5 nitrogen and oxygen atoms in total. The van der Waals surface area contributed by atoms with Gasteiger partial charge in [0.2, 0.25) is 0 Å². The van der Waals surface area contributed by atoms with Crippen molar-refractivity contribution >= 4 is 17.6 Å². The number of nitrogens with one attached hydrogen (secondary N) is 1. The molecule has 1 aromatic rings. The summed E-state index contributed by atoms with van der Waals surface area (Å²) in [5.74, 6) is -0.879. The summed E-state index contributed by atoms with van der Waals surface area (Å²) < 4.78 is 5.58. The van der Waals surface area contributed by atoms with Gasteiger partial charge in [0.05, 0.1) is 17.6 Å². The molecule has 200 valence electrons. The molecule has 0 heterocycles. The van der Waals surface area contributed by atoms with Crippen LogP contribution in [-0.2, 0) is 9.53 Å². The van der Waals surface area contributed by atoms with Gasteiger partial charge in [-0.3, -0.25) is 0 Å². The van der Waals surface area contributed by atoms with Gasteiger partial charge in [-0.2, -0.15) is 0 Å². The van der Waals surface area contributed by atoms with Gasteiger partial charge in [-0.15, -0.1) is 0 Å². The normalized spacial score (nSPS) is 15.3. The van der Waals surface area contributed by atoms with Gasteiger partial charge < -0.3 is 20.0 Å². The molecule has 1 aromatic carbocycles. The number of benzene rings is 1. The minimum Gasteiger partial charge on any atom is -0.550 e. The molecule has 0 spiro atoms. The lowest BCUT2D eigenvalue weighted by atomic mass is 9.95. The number of allylic oxidation sites excluding steroid dienone is 5. The predicted octanol–water partition coefficient (Wildman–Crippen LogP) is 6.79. The molecule has 1 unspecified atom stereocenters. The van der Waals surface area contributed by atoms with Crippen LogP contribution < -0.4 is 10.4 Å². The summed E-state index contributed by atoms with van der Waals surface area (Å²) >= 11 is 0. The van der Waals surface area contributed by atoms with E-state index in [1.54, 1.807) is 0 Å². The van der Waals surface area contributed by atoms with Crippen molar-refractivity contribution in [1.82, 2.24) is 5.32 Å². The summed E-state index contributed by atoms with van der Waals surface area (Å²) in [4.78, 5) is 22.6. The summed E-state index contributed by atoms with van der Waals surface area (Å²) in [5, 5.41) is 13.3. The molecule has 2 aliphatic carbocycles. The van der Waals surface area contributed by atoms with Crippen LogP contribution in [0.5, 0.6) is 0 Å². The van der Waals surface area contributed by atoms with Crippen LogP contribution in [0.25, 0.3) is 5.57 Å². The summed E-state index contributed by atoms with van der Waals surface area (Å²) in [5.41, 5.74) is 4.71. The first-order valence-electron chi connectivity index (χ1n) is 14.4. The minimum atomic E-state index is -0.927. The third kappa shape index (κ3) is 10.2. The average molecular weight is 506 g/mol. The Kier molecular flexibility index (Phi) is 13.0. The van der Waals surface area contributed by atoms with E-state index in [9.17, 15) is 14.7 Å². The van der Waals surface area contributed by atoms with Crippen molar-refractivity contribution in [1.29, 1.82) is 0 Å². The van der Waals surface area contributed by atoms with Crippen LogP contribution in [0.4, 0.5) is 4.79 Å². The lowest BCUT2D eigenvalue weighted by Gasteiger charge is -2.12. The fourth-order valence-electron chi connectivity index (χ4n) is 5.26. The Bertz CT molecular complexity index is 946. The van der Waals surface area contributed by atoms with Crippen LogP contribution >= 0.6 is 0 Å². The smallest absolute Gasteiger partial charge is 0.407 e. The third-order valence-electron chi connectivity index (χ3n) is 7.32. The highest BCUT2D eigenvalue weighted by molar-refractivity contribution is 5.89. The van der Waals surface area contributed by atoms with E-state index in [0.29, 0.717) is 13.2 Å². The zero-order chi connectivity index (χ0) is 26.1. The Morgan fingerprint density at radius 2 is 1.43 bits per heavy atom. The Morgan fingerprint density at radius 3 is 2.08 bits per heavy atom. The number of carboxylic acids is 1. The summed E-state index contributed by atoms with van der Waals surface area (Å²) in [7, 11) is 0. The second-order valence-corrected chi connectivity index (χ2v) is 10.2. The van der Waals surface area contributed by atoms with Gasteiger partial charge in [-0.25, -0.2) is 4.79 Å². The van der Waals surface area contributed by atoms with Crippen molar-refractivity contribution in [3.8, 4) is 0 Å². The third-order valence-corrected chi connectivity index (χ3v) is 7.32. The van der Waals surface area contributed by atoms with E-state index in [1.165, 1.54) is 74.5 Å². The highest BCUT2D eigenvalue weighted by Gasteiger charge is 2.39. The van der Waals surface area contributed by atoms with E-state index in [4.69, 9.17) is 4.74 Å². The molecule has 1 N–H and O–H groups in total. The molecule has 0 bridgehead atoms. The van der Waals surface area contributed by atoms with Crippen LogP contribution in [0.2, 0.25) is 0 Å². The topological polar surface area (TPSA) is 78.5 Å². The molecular weight excluding hydrogens is 462 g/mol. The van der Waals surface area contributed by atoms with E-state index in [1.807, 2.05) is 24.3 Å². The van der Waals surface area contributed by atoms with Crippen LogP contribution in [0, 0.1) is 6.08 Å². The van der Waals surface area contributed by atoms with Gasteiger partial charge in [0.15, 0.2) is 0 Å². The number of aliphatic carboxylic acids is 1. The molecule has 0 aromatic heterocycles. The first-order chi connectivity index (χ1) is 18.2. The van der Waals surface area contributed by atoms with E-state index in [0.717, 1.165) is 37.7 Å². The molecule has 37 heavy (non-hydrogen) atoms. The predicted molar refractivity (Wildman–Crippen MR) is 147 cm³/mol. The first kappa shape index (κ1) is 28.7. The van der Waals surface area contributed by atoms with Gasteiger partial charge >= 0.3 is 6.09 Å². The number of carboxylic acid groups (broad SMARTS) is 1. The van der Waals surface area contributed by atoms with E-state index >= 15 is 0 Å². The molecule has 2 aliphatic rings. The number of amides is 1. The minimum absolute atomic E-state index is 0.0477.